The number of aliphatic hydroxyl groups is 2. The molecule has 0 amide bonds. The maximum absolute atomic E-state index is 7.62. The Morgan fingerprint density at radius 1 is 0.409 bits per heavy atom. The molecule has 0 atom stereocenters. The molecule has 5 heteroatoms. The molecule has 0 aliphatic carbocycles. The van der Waals surface area contributed by atoms with Gasteiger partial charge in [-0.15, -0.1) is 0 Å². The van der Waals surface area contributed by atoms with Gasteiger partial charge in [0.05, 0.1) is 13.2 Å². The number of ether oxygens (including phenoxy) is 3. The molecular weight excluding hydrogens is 284 g/mol. The van der Waals surface area contributed by atoms with Gasteiger partial charge < -0.3 is 24.4 Å². The first-order valence-electron chi connectivity index (χ1n) is 8.86. The molecule has 3 aliphatic rings. The van der Waals surface area contributed by atoms with Crippen LogP contribution >= 0.6 is 0 Å². The second-order valence-electron chi connectivity index (χ2n) is 5.47. The molecule has 0 aromatic carbocycles. The maximum Gasteiger partial charge on any atom is 0.0662 e. The summed E-state index contributed by atoms with van der Waals surface area (Å²) in [4.78, 5) is 0. The molecular formula is C17H36O5. The van der Waals surface area contributed by atoms with Crippen molar-refractivity contribution in [3.63, 3.8) is 0 Å². The van der Waals surface area contributed by atoms with Crippen LogP contribution in [0.4, 0.5) is 0 Å². The number of rotatable bonds is 1. The highest BCUT2D eigenvalue weighted by Crippen LogP contribution is 2.03. The largest absolute Gasteiger partial charge is 0.394 e. The van der Waals surface area contributed by atoms with Crippen LogP contribution in [-0.2, 0) is 14.2 Å². The van der Waals surface area contributed by atoms with Crippen molar-refractivity contribution in [1.82, 2.24) is 0 Å². The summed E-state index contributed by atoms with van der Waals surface area (Å²) in [5.74, 6) is 0. The lowest BCUT2D eigenvalue weighted by Crippen LogP contribution is -2.03. The average molecular weight is 320 g/mol. The monoisotopic (exact) mass is 320 g/mol. The van der Waals surface area contributed by atoms with Crippen molar-refractivity contribution in [2.75, 3.05) is 52.9 Å². The molecule has 0 bridgehead atoms. The van der Waals surface area contributed by atoms with Crippen molar-refractivity contribution in [1.29, 1.82) is 0 Å². The van der Waals surface area contributed by atoms with Gasteiger partial charge in [0, 0.05) is 39.6 Å². The van der Waals surface area contributed by atoms with E-state index in [0.717, 1.165) is 39.6 Å². The predicted octanol–water partition coefficient (Wildman–Crippen LogP) is 2.53. The molecule has 3 saturated heterocycles. The molecule has 5 nitrogen and oxygen atoms in total. The first-order valence-corrected chi connectivity index (χ1v) is 8.86. The van der Waals surface area contributed by atoms with E-state index < -0.39 is 0 Å². The van der Waals surface area contributed by atoms with E-state index in [1.807, 2.05) is 0 Å². The predicted molar refractivity (Wildman–Crippen MR) is 88.2 cm³/mol. The lowest BCUT2D eigenvalue weighted by molar-refractivity contribution is 0.0967. The van der Waals surface area contributed by atoms with E-state index >= 15 is 0 Å². The van der Waals surface area contributed by atoms with Gasteiger partial charge >= 0.3 is 0 Å². The lowest BCUT2D eigenvalue weighted by atomic mass is 10.2. The van der Waals surface area contributed by atoms with Crippen LogP contribution in [0.3, 0.4) is 0 Å². The Morgan fingerprint density at radius 2 is 0.636 bits per heavy atom. The molecule has 3 aliphatic heterocycles. The van der Waals surface area contributed by atoms with Gasteiger partial charge in [-0.05, 0) is 57.8 Å². The molecule has 3 rings (SSSR count). The zero-order chi connectivity index (χ0) is 16.1. The fourth-order valence-corrected chi connectivity index (χ4v) is 2.06. The van der Waals surface area contributed by atoms with Gasteiger partial charge in [-0.25, -0.2) is 0 Å². The molecule has 0 radical (unpaired) electrons. The Hall–Kier alpha value is -0.200. The minimum atomic E-state index is -0.125. The van der Waals surface area contributed by atoms with Crippen molar-refractivity contribution in [2.45, 2.75) is 57.8 Å². The first-order chi connectivity index (χ1) is 10.9. The van der Waals surface area contributed by atoms with Crippen molar-refractivity contribution in [3.05, 3.63) is 0 Å². The molecule has 3 fully saturated rings. The molecule has 3 heterocycles. The van der Waals surface area contributed by atoms with Crippen LogP contribution in [0, 0.1) is 0 Å². The number of aliphatic hydroxyl groups excluding tert-OH is 2. The van der Waals surface area contributed by atoms with Gasteiger partial charge in [0.15, 0.2) is 0 Å². The third-order valence-electron chi connectivity index (χ3n) is 3.33. The summed E-state index contributed by atoms with van der Waals surface area (Å²) in [6, 6.07) is 0. The maximum atomic E-state index is 7.62. The Kier molecular flexibility index (Phi) is 20.6. The molecule has 0 aromatic heterocycles. The quantitative estimate of drug-likeness (QED) is 0.777. The smallest absolute Gasteiger partial charge is 0.0662 e. The molecule has 0 spiro atoms. The summed E-state index contributed by atoms with van der Waals surface area (Å²) in [5, 5.41) is 15.2. The van der Waals surface area contributed by atoms with Gasteiger partial charge in [-0.2, -0.15) is 0 Å². The lowest BCUT2D eigenvalue weighted by Gasteiger charge is -2.08. The second-order valence-corrected chi connectivity index (χ2v) is 5.47. The van der Waals surface area contributed by atoms with E-state index in [-0.39, 0.29) is 13.2 Å². The fraction of sp³-hybridized carbons (Fsp3) is 1.00. The third kappa shape index (κ3) is 19.8. The minimum absolute atomic E-state index is 0.125. The highest BCUT2D eigenvalue weighted by atomic mass is 16.5. The van der Waals surface area contributed by atoms with E-state index in [1.165, 1.54) is 57.8 Å². The van der Waals surface area contributed by atoms with Crippen molar-refractivity contribution < 1.29 is 24.4 Å². The van der Waals surface area contributed by atoms with Crippen LogP contribution in [-0.4, -0.2) is 63.1 Å². The van der Waals surface area contributed by atoms with Crippen molar-refractivity contribution >= 4 is 0 Å². The molecule has 2 N–H and O–H groups in total. The zero-order valence-corrected chi connectivity index (χ0v) is 14.1. The minimum Gasteiger partial charge on any atom is -0.394 e. The Balaban J connectivity index is 0.000000271. The average Bonchev–Trinajstić information content (AvgIpc) is 2.67. The SMILES string of the molecule is C1CCOCC1.C1CCOCC1.C1CCOCC1.OCCO. The highest BCUT2D eigenvalue weighted by Gasteiger charge is 1.96. The molecule has 0 unspecified atom stereocenters. The summed E-state index contributed by atoms with van der Waals surface area (Å²) >= 11 is 0. The van der Waals surface area contributed by atoms with Crippen molar-refractivity contribution in [3.8, 4) is 0 Å². The zero-order valence-electron chi connectivity index (χ0n) is 14.1. The topological polar surface area (TPSA) is 68.2 Å². The first kappa shape index (κ1) is 21.8. The fourth-order valence-electron chi connectivity index (χ4n) is 2.06. The van der Waals surface area contributed by atoms with Crippen LogP contribution in [0.25, 0.3) is 0 Å². The van der Waals surface area contributed by atoms with E-state index in [1.54, 1.807) is 0 Å². The Morgan fingerprint density at radius 3 is 0.682 bits per heavy atom. The number of hydrogen-bond acceptors (Lipinski definition) is 5. The summed E-state index contributed by atoms with van der Waals surface area (Å²) in [7, 11) is 0. The second kappa shape index (κ2) is 20.8. The van der Waals surface area contributed by atoms with E-state index in [9.17, 15) is 0 Å². The summed E-state index contributed by atoms with van der Waals surface area (Å²) in [6.45, 7) is 5.75. The Bertz CT molecular complexity index is 113. The number of hydrogen-bond donors (Lipinski definition) is 2. The van der Waals surface area contributed by atoms with Crippen LogP contribution in [0.15, 0.2) is 0 Å². The summed E-state index contributed by atoms with van der Waals surface area (Å²) in [5.41, 5.74) is 0. The van der Waals surface area contributed by atoms with Crippen LogP contribution < -0.4 is 0 Å². The van der Waals surface area contributed by atoms with E-state index in [0.29, 0.717) is 0 Å². The molecule has 22 heavy (non-hydrogen) atoms. The van der Waals surface area contributed by atoms with Gasteiger partial charge in [0.25, 0.3) is 0 Å². The molecule has 0 saturated carbocycles. The van der Waals surface area contributed by atoms with Crippen LogP contribution in [0.2, 0.25) is 0 Å². The van der Waals surface area contributed by atoms with Gasteiger partial charge in [-0.3, -0.25) is 0 Å². The normalized spacial score (nSPS) is 21.0. The molecule has 0 aromatic rings. The summed E-state index contributed by atoms with van der Waals surface area (Å²) < 4.78 is 15.2. The highest BCUT2D eigenvalue weighted by molar-refractivity contribution is 4.46. The van der Waals surface area contributed by atoms with Crippen molar-refractivity contribution in [2.24, 2.45) is 0 Å². The van der Waals surface area contributed by atoms with E-state index in [4.69, 9.17) is 24.4 Å². The van der Waals surface area contributed by atoms with E-state index in [2.05, 4.69) is 0 Å². The van der Waals surface area contributed by atoms with Gasteiger partial charge in [0.2, 0.25) is 0 Å². The van der Waals surface area contributed by atoms with Crippen LogP contribution in [0.5, 0.6) is 0 Å². The van der Waals surface area contributed by atoms with Gasteiger partial charge in [-0.1, -0.05) is 0 Å². The summed E-state index contributed by atoms with van der Waals surface area (Å²) in [6.07, 6.45) is 11.8. The Labute approximate surface area is 136 Å². The molecule has 134 valence electrons. The third-order valence-corrected chi connectivity index (χ3v) is 3.33. The standard InChI is InChI=1S/3C5H10O.C2H6O2/c3*1-2-4-6-5-3-1;3-1-2-4/h3*1-5H2;3-4H,1-2H2. The van der Waals surface area contributed by atoms with Gasteiger partial charge in [0.1, 0.15) is 0 Å². The van der Waals surface area contributed by atoms with Crippen LogP contribution in [0.1, 0.15) is 57.8 Å².